The van der Waals surface area contributed by atoms with Crippen LogP contribution in [0.15, 0.2) is 40.9 Å². The van der Waals surface area contributed by atoms with E-state index in [0.29, 0.717) is 31.2 Å². The van der Waals surface area contributed by atoms with Crippen LogP contribution in [-0.2, 0) is 26.9 Å². The fraction of sp³-hybridized carbons (Fsp3) is 0.391. The summed E-state index contributed by atoms with van der Waals surface area (Å²) in [4.78, 5) is 25.1. The van der Waals surface area contributed by atoms with Crippen LogP contribution in [-0.4, -0.2) is 44.4 Å². The highest BCUT2D eigenvalue weighted by Crippen LogP contribution is 2.27. The molecule has 0 unspecified atom stereocenters. The number of amides is 1. The molecule has 0 saturated carbocycles. The van der Waals surface area contributed by atoms with E-state index in [1.165, 1.54) is 0 Å². The van der Waals surface area contributed by atoms with Gasteiger partial charge in [0.15, 0.2) is 5.78 Å². The molecular formula is C23H28BrNO6S. The van der Waals surface area contributed by atoms with Crippen LogP contribution in [0.25, 0.3) is 0 Å². The van der Waals surface area contributed by atoms with Crippen molar-refractivity contribution >= 4 is 37.8 Å². The van der Waals surface area contributed by atoms with Gasteiger partial charge in [-0.25, -0.2) is 17.5 Å². The summed E-state index contributed by atoms with van der Waals surface area (Å²) in [6.45, 7) is 6.97. The summed E-state index contributed by atoms with van der Waals surface area (Å²) < 4.78 is 36.8. The minimum atomic E-state index is -3.97. The Morgan fingerprint density at radius 3 is 2.28 bits per heavy atom. The van der Waals surface area contributed by atoms with E-state index in [-0.39, 0.29) is 5.78 Å². The highest BCUT2D eigenvalue weighted by atomic mass is 79.9. The van der Waals surface area contributed by atoms with E-state index in [1.54, 1.807) is 58.2 Å². The Morgan fingerprint density at radius 1 is 1.09 bits per heavy atom. The third-order valence-corrected chi connectivity index (χ3v) is 6.96. The molecule has 0 aromatic heterocycles. The largest absolute Gasteiger partial charge is 0.496 e. The number of halogens is 1. The van der Waals surface area contributed by atoms with Gasteiger partial charge in [0.2, 0.25) is 10.0 Å². The molecule has 0 radical (unpaired) electrons. The molecule has 32 heavy (non-hydrogen) atoms. The fourth-order valence-electron chi connectivity index (χ4n) is 2.91. The molecule has 9 heteroatoms. The van der Waals surface area contributed by atoms with Gasteiger partial charge < -0.3 is 9.47 Å². The third kappa shape index (κ3) is 6.32. The number of sulfonamides is 1. The number of hydrogen-bond acceptors (Lipinski definition) is 6. The van der Waals surface area contributed by atoms with Gasteiger partial charge in [0, 0.05) is 22.6 Å². The predicted octanol–water partition coefficient (Wildman–Crippen LogP) is 4.95. The van der Waals surface area contributed by atoms with Crippen molar-refractivity contribution < 1.29 is 27.5 Å². The van der Waals surface area contributed by atoms with Gasteiger partial charge >= 0.3 is 6.09 Å². The molecule has 2 aromatic rings. The molecule has 0 saturated heterocycles. The first-order valence-corrected chi connectivity index (χ1v) is 12.4. The van der Waals surface area contributed by atoms with Crippen molar-refractivity contribution in [3.8, 4) is 5.75 Å². The van der Waals surface area contributed by atoms with E-state index < -0.39 is 27.5 Å². The molecular weight excluding hydrogens is 498 g/mol. The van der Waals surface area contributed by atoms with Gasteiger partial charge in [-0.05, 0) is 56.5 Å². The van der Waals surface area contributed by atoms with Crippen molar-refractivity contribution in [2.75, 3.05) is 14.2 Å². The lowest BCUT2D eigenvalue weighted by molar-refractivity contribution is 0.0420. The van der Waals surface area contributed by atoms with Crippen molar-refractivity contribution in [3.05, 3.63) is 63.1 Å². The van der Waals surface area contributed by atoms with Crippen molar-refractivity contribution in [1.82, 2.24) is 4.31 Å². The first-order valence-electron chi connectivity index (χ1n) is 9.98. The number of benzene rings is 2. The molecule has 2 aromatic carbocycles. The number of methoxy groups -OCH3 is 1. The van der Waals surface area contributed by atoms with Crippen LogP contribution in [0, 0.1) is 0 Å². The van der Waals surface area contributed by atoms with Crippen LogP contribution in [0.1, 0.15) is 54.7 Å². The number of aryl methyl sites for hydroxylation is 1. The molecule has 174 valence electrons. The summed E-state index contributed by atoms with van der Waals surface area (Å²) in [7, 11) is -1.25. The van der Waals surface area contributed by atoms with E-state index >= 15 is 0 Å². The number of hydrogen-bond donors (Lipinski definition) is 0. The second-order valence-electron chi connectivity index (χ2n) is 8.23. The Bertz CT molecular complexity index is 1120. The van der Waals surface area contributed by atoms with Crippen LogP contribution < -0.4 is 4.74 Å². The van der Waals surface area contributed by atoms with E-state index in [0.717, 1.165) is 19.0 Å². The van der Waals surface area contributed by atoms with Crippen molar-refractivity contribution in [3.63, 3.8) is 0 Å². The molecule has 0 fully saturated rings. The van der Waals surface area contributed by atoms with Crippen LogP contribution in [0.4, 0.5) is 4.79 Å². The van der Waals surface area contributed by atoms with E-state index in [2.05, 4.69) is 15.9 Å². The second-order valence-corrected chi connectivity index (χ2v) is 11.1. The minimum absolute atomic E-state index is 0.224. The summed E-state index contributed by atoms with van der Waals surface area (Å²) in [6, 6.07) is 9.96. The van der Waals surface area contributed by atoms with Crippen molar-refractivity contribution in [2.24, 2.45) is 0 Å². The maximum Gasteiger partial charge on any atom is 0.423 e. The SMILES string of the molecule is CCc1ccc(C(=O)c2ccc(CS(=O)(=O)N(C)C(=O)OC(C)(C)C)cc2Br)cc1OC. The lowest BCUT2D eigenvalue weighted by Gasteiger charge is -2.24. The Hall–Kier alpha value is -2.39. The number of nitrogens with zero attached hydrogens (tertiary/aromatic N) is 1. The van der Waals surface area contributed by atoms with E-state index in [9.17, 15) is 18.0 Å². The molecule has 0 bridgehead atoms. The second kappa shape index (κ2) is 10.0. The van der Waals surface area contributed by atoms with Gasteiger partial charge in [-0.15, -0.1) is 0 Å². The summed E-state index contributed by atoms with van der Waals surface area (Å²) in [6.07, 6.45) is -0.171. The molecule has 7 nitrogen and oxygen atoms in total. The topological polar surface area (TPSA) is 90.0 Å². The number of rotatable bonds is 7. The number of carbonyl (C=O) groups excluding carboxylic acids is 2. The van der Waals surface area contributed by atoms with Crippen LogP contribution >= 0.6 is 15.9 Å². The molecule has 0 spiro atoms. The summed E-state index contributed by atoms with van der Waals surface area (Å²) in [5.74, 6) is -0.00469. The Balaban J connectivity index is 2.25. The Kier molecular flexibility index (Phi) is 8.12. The van der Waals surface area contributed by atoms with Gasteiger partial charge in [0.25, 0.3) is 0 Å². The molecule has 0 heterocycles. The Labute approximate surface area is 197 Å². The molecule has 0 N–H and O–H groups in total. The maximum absolute atomic E-state index is 13.0. The van der Waals surface area contributed by atoms with E-state index in [4.69, 9.17) is 9.47 Å². The lowest BCUT2D eigenvalue weighted by atomic mass is 10.00. The molecule has 0 aliphatic carbocycles. The third-order valence-electron chi connectivity index (χ3n) is 4.63. The zero-order chi connectivity index (χ0) is 24.3. The van der Waals surface area contributed by atoms with Gasteiger partial charge in [-0.1, -0.05) is 41.1 Å². The molecule has 0 aliphatic rings. The van der Waals surface area contributed by atoms with Crippen molar-refractivity contribution in [1.29, 1.82) is 0 Å². The van der Waals surface area contributed by atoms with Gasteiger partial charge in [-0.3, -0.25) is 4.79 Å². The monoisotopic (exact) mass is 525 g/mol. The zero-order valence-electron chi connectivity index (χ0n) is 19.1. The maximum atomic E-state index is 13.0. The Morgan fingerprint density at radius 2 is 1.75 bits per heavy atom. The average Bonchev–Trinajstić information content (AvgIpc) is 2.70. The quantitative estimate of drug-likeness (QED) is 0.475. The highest BCUT2D eigenvalue weighted by molar-refractivity contribution is 9.10. The summed E-state index contributed by atoms with van der Waals surface area (Å²) in [5, 5.41) is 0. The minimum Gasteiger partial charge on any atom is -0.496 e. The fourth-order valence-corrected chi connectivity index (χ4v) is 4.58. The summed E-state index contributed by atoms with van der Waals surface area (Å²) in [5.41, 5.74) is 1.45. The number of carbonyl (C=O) groups is 2. The molecule has 1 amide bonds. The number of ketones is 1. The van der Waals surface area contributed by atoms with Gasteiger partial charge in [0.1, 0.15) is 11.4 Å². The van der Waals surface area contributed by atoms with Gasteiger partial charge in [-0.2, -0.15) is 0 Å². The predicted molar refractivity (Wildman–Crippen MR) is 127 cm³/mol. The standard InChI is InChI=1S/C23H28BrNO6S/c1-7-16-9-10-17(13-20(16)30-6)21(26)18-11-8-15(12-19(18)24)14-32(28,29)25(5)22(27)31-23(2,3)4/h8-13H,7,14H2,1-6H3. The molecule has 0 aliphatic heterocycles. The van der Waals surface area contributed by atoms with Crippen molar-refractivity contribution in [2.45, 2.75) is 45.5 Å². The van der Waals surface area contributed by atoms with Gasteiger partial charge in [0.05, 0.1) is 12.9 Å². The highest BCUT2D eigenvalue weighted by Gasteiger charge is 2.28. The zero-order valence-corrected chi connectivity index (χ0v) is 21.5. The van der Waals surface area contributed by atoms with Crippen LogP contribution in [0.3, 0.4) is 0 Å². The van der Waals surface area contributed by atoms with E-state index in [1.807, 2.05) is 13.0 Å². The normalized spacial score (nSPS) is 11.7. The molecule has 2 rings (SSSR count). The average molecular weight is 526 g/mol. The smallest absolute Gasteiger partial charge is 0.423 e. The first kappa shape index (κ1) is 25.9. The summed E-state index contributed by atoms with van der Waals surface area (Å²) >= 11 is 3.37. The molecule has 0 atom stereocenters. The van der Waals surface area contributed by atoms with Crippen LogP contribution in [0.5, 0.6) is 5.75 Å². The van der Waals surface area contributed by atoms with Crippen LogP contribution in [0.2, 0.25) is 0 Å². The number of ether oxygens (including phenoxy) is 2. The lowest BCUT2D eigenvalue weighted by Crippen LogP contribution is -2.38. The first-order chi connectivity index (χ1) is 14.8.